The highest BCUT2D eigenvalue weighted by Crippen LogP contribution is 2.34. The van der Waals surface area contributed by atoms with Crippen molar-refractivity contribution in [2.45, 2.75) is 6.43 Å². The molecule has 2 heterocycles. The number of anilines is 2. The Kier molecular flexibility index (Phi) is 3.96. The van der Waals surface area contributed by atoms with E-state index in [2.05, 4.69) is 25.9 Å². The first-order valence-electron chi connectivity index (χ1n) is 8.60. The van der Waals surface area contributed by atoms with Gasteiger partial charge in [0.1, 0.15) is 10.4 Å². The maximum atomic E-state index is 14.7. The molecule has 3 aromatic rings. The number of hydrogen-bond donors (Lipinski definition) is 0. The number of aromatic nitrogens is 3. The molecule has 0 unspecified atom stereocenters. The first-order chi connectivity index (χ1) is 13.5. The van der Waals surface area contributed by atoms with Crippen molar-refractivity contribution in [1.29, 1.82) is 0 Å². The summed E-state index contributed by atoms with van der Waals surface area (Å²) < 4.78 is 78.3. The lowest BCUT2D eigenvalue weighted by Crippen LogP contribution is -2.30. The van der Waals surface area contributed by atoms with Crippen LogP contribution in [0.3, 0.4) is 0 Å². The number of alkyl halides is 2. The van der Waals surface area contributed by atoms with E-state index >= 15 is 0 Å². The summed E-state index contributed by atoms with van der Waals surface area (Å²) >= 11 is 2.83. The first-order valence-corrected chi connectivity index (χ1v) is 7.89. The molecule has 0 aliphatic carbocycles. The topological polar surface area (TPSA) is 51.0 Å². The number of pyridine rings is 1. The van der Waals surface area contributed by atoms with Crippen molar-refractivity contribution >= 4 is 38.3 Å². The highest BCUT2D eigenvalue weighted by Gasteiger charge is 2.25. The average Bonchev–Trinajstić information content (AvgIpc) is 2.60. The van der Waals surface area contributed by atoms with Crippen LogP contribution in [0.2, 0.25) is 0 Å². The predicted octanol–water partition coefficient (Wildman–Crippen LogP) is 3.77. The molecule has 0 bridgehead atoms. The van der Waals surface area contributed by atoms with Crippen molar-refractivity contribution < 1.29 is 21.7 Å². The van der Waals surface area contributed by atoms with Gasteiger partial charge in [0.2, 0.25) is 0 Å². The normalized spacial score (nSPS) is 13.5. The Morgan fingerprint density at radius 1 is 1.35 bits per heavy atom. The van der Waals surface area contributed by atoms with Gasteiger partial charge in [-0.05, 0) is 34.1 Å². The Hall–Kier alpha value is -2.49. The SMILES string of the molecule is [2H]C([2H])([2H])n1c(=O)nc(N(CC(F)F)c2ccnc(Br)c2F)c2c(F)cccc21. The second-order valence-electron chi connectivity index (χ2n) is 5.12. The van der Waals surface area contributed by atoms with Crippen LogP contribution in [0.5, 0.6) is 0 Å². The van der Waals surface area contributed by atoms with E-state index in [0.29, 0.717) is 4.90 Å². The molecule has 26 heavy (non-hydrogen) atoms. The zero-order valence-electron chi connectivity index (χ0n) is 15.8. The van der Waals surface area contributed by atoms with Gasteiger partial charge in [-0.25, -0.2) is 27.3 Å². The third-order valence-electron chi connectivity index (χ3n) is 3.54. The smallest absolute Gasteiger partial charge is 0.317 e. The summed E-state index contributed by atoms with van der Waals surface area (Å²) in [6.07, 6.45) is -1.90. The van der Waals surface area contributed by atoms with Crippen LogP contribution in [-0.2, 0) is 6.98 Å². The Balaban J connectivity index is 2.42. The van der Waals surface area contributed by atoms with Crippen molar-refractivity contribution in [3.63, 3.8) is 0 Å². The van der Waals surface area contributed by atoms with Crippen LogP contribution in [0.1, 0.15) is 4.11 Å². The molecule has 0 N–H and O–H groups in total. The largest absolute Gasteiger partial charge is 0.349 e. The molecule has 1 aromatic carbocycles. The van der Waals surface area contributed by atoms with Gasteiger partial charge in [0, 0.05) is 17.3 Å². The quantitative estimate of drug-likeness (QED) is 0.464. The number of rotatable bonds is 4. The first kappa shape index (κ1) is 14.7. The van der Waals surface area contributed by atoms with Crippen LogP contribution in [-0.4, -0.2) is 27.5 Å². The minimum Gasteiger partial charge on any atom is -0.317 e. The summed E-state index contributed by atoms with van der Waals surface area (Å²) in [7, 11) is 0. The predicted molar refractivity (Wildman–Crippen MR) is 91.8 cm³/mol. The number of nitrogens with zero attached hydrogens (tertiary/aromatic N) is 4. The number of halogens is 5. The third kappa shape index (κ3) is 3.16. The molecule has 10 heteroatoms. The molecule has 0 radical (unpaired) electrons. The van der Waals surface area contributed by atoms with E-state index in [1.54, 1.807) is 0 Å². The Bertz CT molecular complexity index is 1140. The lowest BCUT2D eigenvalue weighted by atomic mass is 10.2. The van der Waals surface area contributed by atoms with E-state index in [1.807, 2.05) is 0 Å². The fraction of sp³-hybridized carbons (Fsp3) is 0.188. The summed E-state index contributed by atoms with van der Waals surface area (Å²) in [6, 6.07) is 4.29. The third-order valence-corrected chi connectivity index (χ3v) is 4.10. The van der Waals surface area contributed by atoms with Gasteiger partial charge in [0.25, 0.3) is 6.43 Å². The highest BCUT2D eigenvalue weighted by atomic mass is 79.9. The summed E-state index contributed by atoms with van der Waals surface area (Å²) in [5.74, 6) is -2.70. The van der Waals surface area contributed by atoms with Gasteiger partial charge >= 0.3 is 5.69 Å². The van der Waals surface area contributed by atoms with Crippen molar-refractivity contribution in [1.82, 2.24) is 14.5 Å². The van der Waals surface area contributed by atoms with Crippen LogP contribution >= 0.6 is 15.9 Å². The van der Waals surface area contributed by atoms with Crippen molar-refractivity contribution in [2.24, 2.45) is 6.98 Å². The molecule has 2 aromatic heterocycles. The molecule has 0 aliphatic heterocycles. The van der Waals surface area contributed by atoms with Gasteiger partial charge in [0.15, 0.2) is 11.6 Å². The van der Waals surface area contributed by atoms with Gasteiger partial charge in [-0.1, -0.05) is 6.07 Å². The van der Waals surface area contributed by atoms with Gasteiger partial charge in [0.05, 0.1) is 23.1 Å². The number of hydrogen-bond acceptors (Lipinski definition) is 4. The molecule has 0 aliphatic rings. The maximum Gasteiger partial charge on any atom is 0.349 e. The van der Waals surface area contributed by atoms with Crippen LogP contribution < -0.4 is 10.6 Å². The standard InChI is InChI=1S/C16H11BrF4N4O/c1-24-9-4-2-3-8(18)12(9)15(23-16(24)26)25(7-11(19)20)10-5-6-22-14(17)13(10)21/h2-6,11H,7H2,1H3/i1D3. The lowest BCUT2D eigenvalue weighted by molar-refractivity contribution is 0.157. The highest BCUT2D eigenvalue weighted by molar-refractivity contribution is 9.10. The van der Waals surface area contributed by atoms with Gasteiger partial charge in [-0.15, -0.1) is 0 Å². The molecule has 0 saturated carbocycles. The molecule has 0 fully saturated rings. The van der Waals surface area contributed by atoms with Crippen molar-refractivity contribution in [2.75, 3.05) is 11.4 Å². The zero-order chi connectivity index (χ0) is 21.5. The van der Waals surface area contributed by atoms with E-state index in [0.717, 1.165) is 30.5 Å². The fourth-order valence-corrected chi connectivity index (χ4v) is 2.79. The van der Waals surface area contributed by atoms with E-state index in [9.17, 15) is 22.4 Å². The van der Waals surface area contributed by atoms with E-state index in [-0.39, 0.29) is 9.17 Å². The Morgan fingerprint density at radius 2 is 2.12 bits per heavy atom. The second kappa shape index (κ2) is 7.02. The van der Waals surface area contributed by atoms with E-state index in [4.69, 9.17) is 4.11 Å². The molecular formula is C16H11BrF4N4O. The van der Waals surface area contributed by atoms with Crippen LogP contribution in [0.25, 0.3) is 10.9 Å². The average molecular weight is 434 g/mol. The second-order valence-corrected chi connectivity index (χ2v) is 5.88. The molecule has 5 nitrogen and oxygen atoms in total. The maximum absolute atomic E-state index is 14.7. The van der Waals surface area contributed by atoms with Gasteiger partial charge < -0.3 is 4.90 Å². The summed E-state index contributed by atoms with van der Waals surface area (Å²) in [5.41, 5.74) is -2.17. The van der Waals surface area contributed by atoms with Gasteiger partial charge in [-0.2, -0.15) is 4.98 Å². The number of fused-ring (bicyclic) bond motifs is 1. The minimum absolute atomic E-state index is 0.272. The molecule has 3 rings (SSSR count). The monoisotopic (exact) mass is 433 g/mol. The molecule has 0 saturated heterocycles. The molecule has 136 valence electrons. The van der Waals surface area contributed by atoms with Crippen LogP contribution in [0.4, 0.5) is 29.1 Å². The fourth-order valence-electron chi connectivity index (χ4n) is 2.47. The summed E-state index contributed by atoms with van der Waals surface area (Å²) in [6.45, 7) is -4.14. The van der Waals surface area contributed by atoms with E-state index in [1.165, 1.54) is 0 Å². The van der Waals surface area contributed by atoms with Crippen molar-refractivity contribution in [3.05, 3.63) is 57.2 Å². The molecule has 0 amide bonds. The number of aryl methyl sites for hydroxylation is 1. The summed E-state index contributed by atoms with van der Waals surface area (Å²) in [4.78, 5) is 20.2. The van der Waals surface area contributed by atoms with E-state index < -0.39 is 59.7 Å². The Labute approximate surface area is 157 Å². The lowest BCUT2D eigenvalue weighted by Gasteiger charge is -2.25. The molecular weight excluding hydrogens is 420 g/mol. The van der Waals surface area contributed by atoms with Gasteiger partial charge in [-0.3, -0.25) is 4.57 Å². The summed E-state index contributed by atoms with van der Waals surface area (Å²) in [5, 5.41) is -0.517. The zero-order valence-corrected chi connectivity index (χ0v) is 14.3. The Morgan fingerprint density at radius 3 is 2.81 bits per heavy atom. The minimum atomic E-state index is -3.02. The van der Waals surface area contributed by atoms with Crippen LogP contribution in [0.15, 0.2) is 39.9 Å². The number of benzene rings is 1. The van der Waals surface area contributed by atoms with Crippen LogP contribution in [0, 0.1) is 11.6 Å². The molecule has 0 atom stereocenters. The van der Waals surface area contributed by atoms with Crippen molar-refractivity contribution in [3.8, 4) is 0 Å². The molecule has 0 spiro atoms.